The number of hydrogen-bond acceptors (Lipinski definition) is 12. The Hall–Kier alpha value is -11.0. The molecule has 12 nitrogen and oxygen atoms in total. The van der Waals surface area contributed by atoms with Gasteiger partial charge in [0.05, 0.1) is 16.7 Å². The number of furan rings is 3. The van der Waals surface area contributed by atoms with Crippen molar-refractivity contribution in [3.8, 4) is 67.5 Å². The zero-order chi connectivity index (χ0) is 110. The van der Waals surface area contributed by atoms with E-state index in [9.17, 15) is 0 Å². The van der Waals surface area contributed by atoms with Crippen LogP contribution in [-0.4, -0.2) is 44.9 Å². The van der Waals surface area contributed by atoms with E-state index in [2.05, 4.69) is 81.3 Å². The number of aryl methyl sites for hydroxylation is 8. The number of rotatable bonds is 12. The SMILES string of the molecule is [2H]C([2H])([2H])c1cc(-c2[c-]cc(C([2H])(C)C)c3c2oc2nc(C)cc(C([2H])([2H])[2H])c23)ncc1C([2H])(C)C([2H])([2H])[2H].[2H]C([2H])([2H])c1cc(-c2[c-]cc(C([2H])([2H])[2H])c3c2oc2nc(C)cc(C([2H])(C)C)c23)ncc1C([2H])(C)C([2H])([2H])[2H].[2H]C([2H])([2H])c1cc(-c2[c-]ccc3c2oc2nc(C)cc(C([2H])(C)C)c23)ncc1C([2H])(C)C([2H])([2H])[2H].[Ir].[Ir].[Ir].[c-]1ccccc1-c1ccccn1.[c-]1ccccc1-c1ccccn1.[c-]1ccccc1-c1ccccn1. The van der Waals surface area contributed by atoms with E-state index in [1.807, 2.05) is 140 Å². The molecule has 0 N–H and O–H groups in total. The van der Waals surface area contributed by atoms with Crippen molar-refractivity contribution in [3.63, 3.8) is 0 Å². The van der Waals surface area contributed by atoms with Gasteiger partial charge >= 0.3 is 0 Å². The molecule has 0 saturated carbocycles. The van der Waals surface area contributed by atoms with E-state index >= 15 is 0 Å². The van der Waals surface area contributed by atoms with E-state index in [0.717, 1.165) is 78.7 Å². The van der Waals surface area contributed by atoms with Crippen LogP contribution in [0.5, 0.6) is 0 Å². The van der Waals surface area contributed by atoms with E-state index < -0.39 is 90.2 Å². The summed E-state index contributed by atoms with van der Waals surface area (Å²) >= 11 is 0. The number of pyridine rings is 9. The molecule has 0 aliphatic heterocycles. The molecule has 0 bridgehead atoms. The van der Waals surface area contributed by atoms with E-state index in [1.54, 1.807) is 92.2 Å². The molecular formula is C107H103Ir3N9O3-6. The van der Waals surface area contributed by atoms with Gasteiger partial charge in [0.1, 0.15) is 0 Å². The molecule has 3 radical (unpaired) electrons. The molecular weight excluding hydrogens is 2040 g/mol. The monoisotopic (exact) mass is 2170 g/mol. The third-order valence-corrected chi connectivity index (χ3v) is 19.1. The Balaban J connectivity index is 0.000000197. The van der Waals surface area contributed by atoms with Crippen LogP contribution in [0.4, 0.5) is 0 Å². The number of fused-ring (bicyclic) bond motifs is 9. The van der Waals surface area contributed by atoms with Crippen molar-refractivity contribution >= 4 is 66.2 Å². The van der Waals surface area contributed by atoms with Crippen molar-refractivity contribution in [2.45, 2.75) is 173 Å². The zero-order valence-electron chi connectivity index (χ0n) is 98.6. The second-order valence-corrected chi connectivity index (χ2v) is 28.6. The first-order valence-corrected chi connectivity index (χ1v) is 38.0. The molecule has 0 aliphatic carbocycles. The normalized spacial score (nSPS) is 17.2. The van der Waals surface area contributed by atoms with Crippen molar-refractivity contribution in [1.82, 2.24) is 44.9 Å². The largest absolute Gasteiger partial charge is 0.486 e. The molecule has 3 unspecified atom stereocenters. The minimum atomic E-state index is -2.83. The number of hydrogen-bond donors (Lipinski definition) is 0. The maximum absolute atomic E-state index is 8.70. The quantitative estimate of drug-likeness (QED) is 0.107. The standard InChI is InChI=1S/2C25H27N2O.C24H25N2O.3C11H8N.3Ir/c1-13(2)18-8-9-19(21-11-15(5)20(12-26-21)14(3)4)24-23(18)22-16(6)10-17(7)27-25(22)28-24;1-13(2)19-11-17(7)27-25-23(19)22-15(5)8-9-18(24(22)28-25)21-10-16(6)20(12-26-21)14(3)4;1-13(2)19-11-16(6)26-24-22(19)18-9-7-8-17(23(18)27-24)21-10-15(5)20(12-25-21)14(3)4;3*1-2-6-10(7-3-1)11-8-4-5-9-12-11;;;/h2*8,10-14H,1-7H3;7,9-14H,1-6H3;3*1-6,8-9H;;;/q6*-1;;;/i2*3D3,5D3,6D3,13D,14D;3D3,5D3,13D,14D;;;;;;. The Labute approximate surface area is 802 Å². The molecule has 18 rings (SSSR count). The average molecular weight is 2170 g/mol. The number of aromatic nitrogens is 9. The van der Waals surface area contributed by atoms with Gasteiger partial charge in [-0.05, 0) is 187 Å². The first kappa shape index (κ1) is 59.7. The molecule has 3 atom stereocenters. The van der Waals surface area contributed by atoms with Gasteiger partial charge < -0.3 is 43.2 Å². The van der Waals surface area contributed by atoms with Crippen molar-refractivity contribution in [3.05, 3.63) is 340 Å². The van der Waals surface area contributed by atoms with Crippen LogP contribution in [0, 0.1) is 91.4 Å². The van der Waals surface area contributed by atoms with Crippen LogP contribution in [0.3, 0.4) is 0 Å². The van der Waals surface area contributed by atoms with Gasteiger partial charge in [0.25, 0.3) is 0 Å². The van der Waals surface area contributed by atoms with Gasteiger partial charge in [0.15, 0.2) is 0 Å². The Morgan fingerprint density at radius 3 is 1.07 bits per heavy atom. The second-order valence-electron chi connectivity index (χ2n) is 28.6. The van der Waals surface area contributed by atoms with Gasteiger partial charge in [0.2, 0.25) is 17.1 Å². The third kappa shape index (κ3) is 21.4. The molecule has 15 heteroatoms. The van der Waals surface area contributed by atoms with Crippen LogP contribution < -0.4 is 0 Å². The smallest absolute Gasteiger partial charge is 0.216 e. The van der Waals surface area contributed by atoms with Crippen molar-refractivity contribution in [2.75, 3.05) is 0 Å². The van der Waals surface area contributed by atoms with Gasteiger partial charge in [-0.3, -0.25) is 0 Å². The average Bonchev–Trinajstić information content (AvgIpc) is 1.60. The summed E-state index contributed by atoms with van der Waals surface area (Å²) in [6.45, 7) is -3.03. The molecule has 12 heterocycles. The van der Waals surface area contributed by atoms with Crippen molar-refractivity contribution in [1.29, 1.82) is 0 Å². The Bertz CT molecular complexity index is 7350. The minimum absolute atomic E-state index is 0. The minimum Gasteiger partial charge on any atom is -0.486 e. The van der Waals surface area contributed by atoms with Crippen molar-refractivity contribution in [2.24, 2.45) is 0 Å². The Morgan fingerprint density at radius 2 is 0.680 bits per heavy atom. The summed E-state index contributed by atoms with van der Waals surface area (Å²) in [5.74, 6) is -9.96. The maximum Gasteiger partial charge on any atom is 0.216 e. The number of nitrogens with zero attached hydrogens (tertiary/aromatic N) is 9. The molecule has 122 heavy (non-hydrogen) atoms. The summed E-state index contributed by atoms with van der Waals surface area (Å²) in [5, 5.41) is 2.46. The summed E-state index contributed by atoms with van der Waals surface area (Å²) in [7, 11) is 0. The molecule has 0 aliphatic rings. The van der Waals surface area contributed by atoms with Gasteiger partial charge in [-0.1, -0.05) is 194 Å². The summed E-state index contributed by atoms with van der Waals surface area (Å²) in [6, 6.07) is 74.3. The Kier molecular flexibility index (Phi) is 20.7. The van der Waals surface area contributed by atoms with Crippen LogP contribution in [0.1, 0.15) is 238 Å². The van der Waals surface area contributed by atoms with Gasteiger partial charge in [-0.2, -0.15) is 0 Å². The molecule has 0 saturated heterocycles. The molecule has 0 amide bonds. The van der Waals surface area contributed by atoms with Gasteiger partial charge in [-0.15, -0.1) is 161 Å². The predicted octanol–water partition coefficient (Wildman–Crippen LogP) is 28.4. The summed E-state index contributed by atoms with van der Waals surface area (Å²) in [6.07, 6.45) is 8.63. The summed E-state index contributed by atoms with van der Waals surface area (Å²) in [4.78, 5) is 38.9. The molecule has 0 spiro atoms. The molecule has 627 valence electrons. The van der Waals surface area contributed by atoms with Crippen LogP contribution in [0.25, 0.3) is 134 Å². The van der Waals surface area contributed by atoms with E-state index in [1.165, 1.54) is 36.4 Å². The van der Waals surface area contributed by atoms with Gasteiger partial charge in [-0.25, -0.2) is 15.0 Å². The van der Waals surface area contributed by atoms with Crippen LogP contribution in [0.2, 0.25) is 0 Å². The molecule has 0 fully saturated rings. The first-order chi connectivity index (χ1) is 68.9. The van der Waals surface area contributed by atoms with Crippen LogP contribution in [-0.2, 0) is 60.3 Å². The topological polar surface area (TPSA) is 155 Å². The van der Waals surface area contributed by atoms with Crippen LogP contribution in [0.15, 0.2) is 238 Å². The molecule has 18 aromatic rings. The predicted molar refractivity (Wildman–Crippen MR) is 489 cm³/mol. The molecule has 12 aromatic heterocycles. The summed E-state index contributed by atoms with van der Waals surface area (Å²) in [5.41, 5.74) is 9.63. The van der Waals surface area contributed by atoms with Crippen LogP contribution >= 0.6 is 0 Å². The van der Waals surface area contributed by atoms with E-state index in [0.29, 0.717) is 66.6 Å². The molecule has 6 aromatic carbocycles. The fraction of sp³-hybridized carbons (Fsp3) is 0.243. The third-order valence-electron chi connectivity index (χ3n) is 19.1. The first-order valence-electron chi connectivity index (χ1n) is 53.0. The fourth-order valence-electron chi connectivity index (χ4n) is 13.4. The van der Waals surface area contributed by atoms with E-state index in [-0.39, 0.29) is 166 Å². The summed E-state index contributed by atoms with van der Waals surface area (Å²) < 4.78 is 260. The zero-order valence-corrected chi connectivity index (χ0v) is 75.8. The van der Waals surface area contributed by atoms with Gasteiger partial charge in [0, 0.05) is 172 Å². The fourth-order valence-corrected chi connectivity index (χ4v) is 13.4. The second kappa shape index (κ2) is 42.2. The number of benzene rings is 6. The van der Waals surface area contributed by atoms with Crippen molar-refractivity contribution < 1.29 is 115 Å². The maximum atomic E-state index is 8.70. The Morgan fingerprint density at radius 1 is 0.303 bits per heavy atom. The van der Waals surface area contributed by atoms with E-state index in [4.69, 9.17) is 54.4 Å².